The highest BCUT2D eigenvalue weighted by Crippen LogP contribution is 2.27. The maximum atomic E-state index is 11.3. The predicted molar refractivity (Wildman–Crippen MR) is 70.7 cm³/mol. The lowest BCUT2D eigenvalue weighted by molar-refractivity contribution is 0.0380. The second-order valence-electron chi connectivity index (χ2n) is 5.21. The first-order valence-corrected chi connectivity index (χ1v) is 6.62. The van der Waals surface area contributed by atoms with E-state index in [0.717, 1.165) is 25.7 Å². The van der Waals surface area contributed by atoms with Crippen molar-refractivity contribution in [1.82, 2.24) is 9.97 Å². The van der Waals surface area contributed by atoms with Crippen LogP contribution in [0.5, 0.6) is 0 Å². The smallest absolute Gasteiger partial charge is 0.252 e. The van der Waals surface area contributed by atoms with E-state index in [1.807, 2.05) is 0 Å². The summed E-state index contributed by atoms with van der Waals surface area (Å²) < 4.78 is 0. The van der Waals surface area contributed by atoms with Crippen LogP contribution in [0.15, 0.2) is 10.9 Å². The van der Waals surface area contributed by atoms with Crippen molar-refractivity contribution in [1.29, 1.82) is 0 Å². The van der Waals surface area contributed by atoms with E-state index in [9.17, 15) is 9.90 Å². The Labute approximate surface area is 107 Å². The minimum atomic E-state index is -0.658. The molecule has 100 valence electrons. The molecule has 1 aliphatic carbocycles. The molecule has 0 spiro atoms. The second kappa shape index (κ2) is 5.52. The Balaban J connectivity index is 1.99. The van der Waals surface area contributed by atoms with Gasteiger partial charge in [-0.05, 0) is 19.8 Å². The van der Waals surface area contributed by atoms with Crippen LogP contribution in [0.2, 0.25) is 0 Å². The molecule has 3 N–H and O–H groups in total. The highest BCUT2D eigenvalue weighted by molar-refractivity contribution is 5.33. The van der Waals surface area contributed by atoms with E-state index >= 15 is 0 Å². The highest BCUT2D eigenvalue weighted by atomic mass is 16.3. The summed E-state index contributed by atoms with van der Waals surface area (Å²) in [7, 11) is 0. The molecular formula is C13H21N3O2. The molecule has 18 heavy (non-hydrogen) atoms. The summed E-state index contributed by atoms with van der Waals surface area (Å²) in [6.45, 7) is 2.20. The highest BCUT2D eigenvalue weighted by Gasteiger charge is 2.27. The van der Waals surface area contributed by atoms with Gasteiger partial charge >= 0.3 is 0 Å². The van der Waals surface area contributed by atoms with Gasteiger partial charge < -0.3 is 15.4 Å². The van der Waals surface area contributed by atoms with E-state index in [1.54, 1.807) is 6.92 Å². The average molecular weight is 251 g/mol. The van der Waals surface area contributed by atoms with Crippen LogP contribution >= 0.6 is 0 Å². The van der Waals surface area contributed by atoms with Crippen molar-refractivity contribution >= 4 is 5.82 Å². The van der Waals surface area contributed by atoms with E-state index in [1.165, 1.54) is 18.9 Å². The maximum Gasteiger partial charge on any atom is 0.252 e. The lowest BCUT2D eigenvalue weighted by Gasteiger charge is -2.27. The van der Waals surface area contributed by atoms with Gasteiger partial charge in [-0.15, -0.1) is 0 Å². The molecule has 0 saturated heterocycles. The number of aliphatic hydroxyl groups is 1. The third-order valence-corrected chi connectivity index (χ3v) is 3.49. The first kappa shape index (κ1) is 13.1. The van der Waals surface area contributed by atoms with Crippen molar-refractivity contribution in [3.05, 3.63) is 22.2 Å². The fourth-order valence-corrected chi connectivity index (χ4v) is 2.49. The van der Waals surface area contributed by atoms with Crippen molar-refractivity contribution in [2.24, 2.45) is 0 Å². The van der Waals surface area contributed by atoms with Crippen molar-refractivity contribution in [2.75, 3.05) is 11.9 Å². The lowest BCUT2D eigenvalue weighted by atomic mass is 9.94. The zero-order valence-corrected chi connectivity index (χ0v) is 10.8. The number of aryl methyl sites for hydroxylation is 1. The molecule has 0 atom stereocenters. The van der Waals surface area contributed by atoms with Crippen molar-refractivity contribution in [3.63, 3.8) is 0 Å². The van der Waals surface area contributed by atoms with Gasteiger partial charge in [0, 0.05) is 12.6 Å². The van der Waals surface area contributed by atoms with Crippen molar-refractivity contribution in [2.45, 2.75) is 51.0 Å². The lowest BCUT2D eigenvalue weighted by Crippen LogP contribution is -2.36. The molecule has 0 radical (unpaired) electrons. The topological polar surface area (TPSA) is 78.0 Å². The molecule has 1 saturated carbocycles. The SMILES string of the molecule is Cc1nc(NCC2(O)CCCCCC2)cc(=O)[nH]1. The Morgan fingerprint density at radius 2 is 2.06 bits per heavy atom. The zero-order chi connectivity index (χ0) is 13.0. The monoisotopic (exact) mass is 251 g/mol. The molecule has 5 nitrogen and oxygen atoms in total. The minimum Gasteiger partial charge on any atom is -0.388 e. The number of nitrogens with one attached hydrogen (secondary N) is 2. The average Bonchev–Trinajstić information content (AvgIpc) is 2.51. The van der Waals surface area contributed by atoms with Gasteiger partial charge in [0.05, 0.1) is 5.60 Å². The first-order chi connectivity index (χ1) is 8.57. The largest absolute Gasteiger partial charge is 0.388 e. The Hall–Kier alpha value is -1.36. The number of hydrogen-bond acceptors (Lipinski definition) is 4. The van der Waals surface area contributed by atoms with Crippen molar-refractivity contribution in [3.8, 4) is 0 Å². The van der Waals surface area contributed by atoms with Gasteiger partial charge in [-0.3, -0.25) is 4.79 Å². The molecule has 0 unspecified atom stereocenters. The van der Waals surface area contributed by atoms with E-state index < -0.39 is 5.60 Å². The normalized spacial score (nSPS) is 19.2. The standard InChI is InChI=1S/C13H21N3O2/c1-10-15-11(8-12(17)16-10)14-9-13(18)6-4-2-3-5-7-13/h8,18H,2-7,9H2,1H3,(H2,14,15,16,17). The van der Waals surface area contributed by atoms with Gasteiger partial charge in [0.15, 0.2) is 0 Å². The maximum absolute atomic E-state index is 11.3. The number of anilines is 1. The fourth-order valence-electron chi connectivity index (χ4n) is 2.49. The number of hydrogen-bond donors (Lipinski definition) is 3. The third-order valence-electron chi connectivity index (χ3n) is 3.49. The molecule has 0 bridgehead atoms. The molecule has 1 heterocycles. The van der Waals surface area contributed by atoms with Crippen LogP contribution in [0.4, 0.5) is 5.82 Å². The number of nitrogens with zero attached hydrogens (tertiary/aromatic N) is 1. The van der Waals surface area contributed by atoms with E-state index in [2.05, 4.69) is 15.3 Å². The summed E-state index contributed by atoms with van der Waals surface area (Å²) in [4.78, 5) is 18.1. The molecule has 0 amide bonds. The number of H-pyrrole nitrogens is 1. The zero-order valence-electron chi connectivity index (χ0n) is 10.8. The molecule has 1 fully saturated rings. The van der Waals surface area contributed by atoms with E-state index in [-0.39, 0.29) is 5.56 Å². The summed E-state index contributed by atoms with van der Waals surface area (Å²) in [6, 6.07) is 1.42. The van der Waals surface area contributed by atoms with Crippen molar-refractivity contribution < 1.29 is 5.11 Å². The molecule has 1 aromatic rings. The van der Waals surface area contributed by atoms with Crippen LogP contribution in [-0.2, 0) is 0 Å². The Morgan fingerprint density at radius 1 is 1.39 bits per heavy atom. The summed E-state index contributed by atoms with van der Waals surface area (Å²) >= 11 is 0. The molecule has 5 heteroatoms. The molecule has 1 aliphatic rings. The van der Waals surface area contributed by atoms with Crippen LogP contribution in [0.3, 0.4) is 0 Å². The van der Waals surface area contributed by atoms with Crippen LogP contribution in [0.1, 0.15) is 44.3 Å². The van der Waals surface area contributed by atoms with Gasteiger partial charge in [0.2, 0.25) is 0 Å². The van der Waals surface area contributed by atoms with Gasteiger partial charge in [-0.25, -0.2) is 4.98 Å². The van der Waals surface area contributed by atoms with Crippen LogP contribution in [0.25, 0.3) is 0 Å². The van der Waals surface area contributed by atoms with Crippen LogP contribution in [-0.4, -0.2) is 27.2 Å². The van der Waals surface area contributed by atoms with Crippen LogP contribution in [0, 0.1) is 6.92 Å². The van der Waals surface area contributed by atoms with Gasteiger partial charge in [-0.2, -0.15) is 0 Å². The molecule has 0 aromatic carbocycles. The minimum absolute atomic E-state index is 0.169. The molecule has 0 aliphatic heterocycles. The van der Waals surface area contributed by atoms with Gasteiger partial charge in [-0.1, -0.05) is 25.7 Å². The predicted octanol–water partition coefficient (Wildman–Crippen LogP) is 1.58. The summed E-state index contributed by atoms with van der Waals surface area (Å²) in [5, 5.41) is 13.6. The van der Waals surface area contributed by atoms with E-state index in [4.69, 9.17) is 0 Å². The summed E-state index contributed by atoms with van der Waals surface area (Å²) in [5.41, 5.74) is -0.827. The van der Waals surface area contributed by atoms with Gasteiger partial charge in [0.25, 0.3) is 5.56 Å². The Morgan fingerprint density at radius 3 is 2.67 bits per heavy atom. The number of aromatic amines is 1. The quantitative estimate of drug-likeness (QED) is 0.713. The Bertz CT molecular complexity index is 448. The first-order valence-electron chi connectivity index (χ1n) is 6.62. The molecule has 1 aromatic heterocycles. The molecular weight excluding hydrogens is 230 g/mol. The summed E-state index contributed by atoms with van der Waals surface area (Å²) in [6.07, 6.45) is 6.18. The number of aromatic nitrogens is 2. The summed E-state index contributed by atoms with van der Waals surface area (Å²) in [5.74, 6) is 1.12. The molecule has 2 rings (SSSR count). The van der Waals surface area contributed by atoms with Gasteiger partial charge in [0.1, 0.15) is 11.6 Å². The number of rotatable bonds is 3. The van der Waals surface area contributed by atoms with Crippen LogP contribution < -0.4 is 10.9 Å². The fraction of sp³-hybridized carbons (Fsp3) is 0.692. The second-order valence-corrected chi connectivity index (χ2v) is 5.21. The third kappa shape index (κ3) is 3.57. The van der Waals surface area contributed by atoms with E-state index in [0.29, 0.717) is 18.2 Å². The Kier molecular flexibility index (Phi) is 4.01.